The van der Waals surface area contributed by atoms with Crippen molar-refractivity contribution in [1.29, 1.82) is 0 Å². The third kappa shape index (κ3) is 1.58. The minimum Gasteiger partial charge on any atom is -0.462 e. The number of hydrogen-bond acceptors (Lipinski definition) is 6. The van der Waals surface area contributed by atoms with Crippen LogP contribution in [0.4, 0.5) is 5.82 Å². The molecule has 0 aliphatic rings. The number of nitrogen functional groups attached to an aromatic ring is 1. The Morgan fingerprint density at radius 2 is 2.47 bits per heavy atom. The smallest absolute Gasteiger partial charge is 0.343 e. The van der Waals surface area contributed by atoms with Crippen LogP contribution in [-0.4, -0.2) is 32.2 Å². The second-order valence-corrected chi connectivity index (χ2v) is 2.76. The molecule has 2 aromatic rings. The molecule has 2 aromatic heterocycles. The van der Waals surface area contributed by atoms with Crippen molar-refractivity contribution in [2.75, 3.05) is 12.3 Å². The number of esters is 1. The van der Waals surface area contributed by atoms with E-state index in [0.29, 0.717) is 5.78 Å². The van der Waals surface area contributed by atoms with Gasteiger partial charge in [-0.05, 0) is 6.92 Å². The zero-order valence-corrected chi connectivity index (χ0v) is 8.04. The van der Waals surface area contributed by atoms with Crippen LogP contribution in [0.3, 0.4) is 0 Å². The molecule has 0 unspecified atom stereocenters. The summed E-state index contributed by atoms with van der Waals surface area (Å²) in [5, 5.41) is 3.84. The van der Waals surface area contributed by atoms with Crippen LogP contribution in [0.2, 0.25) is 0 Å². The topological polar surface area (TPSA) is 95.4 Å². The summed E-state index contributed by atoms with van der Waals surface area (Å²) in [7, 11) is 0. The van der Waals surface area contributed by atoms with Crippen LogP contribution < -0.4 is 5.73 Å². The van der Waals surface area contributed by atoms with E-state index in [1.807, 2.05) is 0 Å². The molecule has 15 heavy (non-hydrogen) atoms. The molecule has 0 bridgehead atoms. The molecular formula is C8H9N5O2. The molecule has 78 valence electrons. The summed E-state index contributed by atoms with van der Waals surface area (Å²) in [6, 6.07) is 0. The third-order valence-electron chi connectivity index (χ3n) is 1.80. The predicted molar refractivity (Wildman–Crippen MR) is 51.2 cm³/mol. The lowest BCUT2D eigenvalue weighted by Gasteiger charge is -2.03. The molecule has 0 amide bonds. The van der Waals surface area contributed by atoms with Crippen LogP contribution in [0.1, 0.15) is 17.3 Å². The summed E-state index contributed by atoms with van der Waals surface area (Å²) in [6.45, 7) is 2.00. The van der Waals surface area contributed by atoms with E-state index in [0.717, 1.165) is 0 Å². The highest BCUT2D eigenvalue weighted by Crippen LogP contribution is 2.10. The second-order valence-electron chi connectivity index (χ2n) is 2.76. The fourth-order valence-electron chi connectivity index (χ4n) is 1.14. The number of carbonyl (C=O) groups is 1. The highest BCUT2D eigenvalue weighted by molar-refractivity contribution is 5.94. The summed E-state index contributed by atoms with van der Waals surface area (Å²) in [4.78, 5) is 19.2. The molecule has 0 atom stereocenters. The molecule has 7 nitrogen and oxygen atoms in total. The van der Waals surface area contributed by atoms with Crippen LogP contribution in [0.25, 0.3) is 5.78 Å². The van der Waals surface area contributed by atoms with Crippen molar-refractivity contribution in [3.63, 3.8) is 0 Å². The van der Waals surface area contributed by atoms with Gasteiger partial charge in [0.1, 0.15) is 17.7 Å². The number of fused-ring (bicyclic) bond motifs is 1. The molecule has 7 heteroatoms. The highest BCUT2D eigenvalue weighted by Gasteiger charge is 2.14. The Hall–Kier alpha value is -2.18. The van der Waals surface area contributed by atoms with E-state index in [9.17, 15) is 4.79 Å². The molecule has 0 radical (unpaired) electrons. The van der Waals surface area contributed by atoms with Gasteiger partial charge < -0.3 is 10.5 Å². The maximum Gasteiger partial charge on any atom is 0.343 e. The average molecular weight is 207 g/mol. The summed E-state index contributed by atoms with van der Waals surface area (Å²) < 4.78 is 6.18. The molecule has 2 N–H and O–H groups in total. The first-order chi connectivity index (χ1) is 7.22. The SMILES string of the molecule is CCOC(=O)c1cn2ncnc2nc1N. The van der Waals surface area contributed by atoms with E-state index in [-0.39, 0.29) is 18.0 Å². The largest absolute Gasteiger partial charge is 0.462 e. The molecule has 0 saturated carbocycles. The second kappa shape index (κ2) is 3.52. The summed E-state index contributed by atoms with van der Waals surface area (Å²) in [5.41, 5.74) is 5.77. The minimum atomic E-state index is -0.514. The van der Waals surface area contributed by atoms with Crippen LogP contribution in [-0.2, 0) is 4.74 Å². The van der Waals surface area contributed by atoms with E-state index >= 15 is 0 Å². The number of ether oxygens (including phenoxy) is 1. The maximum absolute atomic E-state index is 11.4. The molecular weight excluding hydrogens is 198 g/mol. The van der Waals surface area contributed by atoms with Gasteiger partial charge in [0.05, 0.1) is 12.8 Å². The quantitative estimate of drug-likeness (QED) is 0.690. The van der Waals surface area contributed by atoms with E-state index in [1.54, 1.807) is 6.92 Å². The summed E-state index contributed by atoms with van der Waals surface area (Å²) in [5.74, 6) is -0.0746. The van der Waals surface area contributed by atoms with E-state index < -0.39 is 5.97 Å². The Labute approximate surface area is 84.9 Å². The van der Waals surface area contributed by atoms with Crippen LogP contribution in [0.15, 0.2) is 12.5 Å². The van der Waals surface area contributed by atoms with Crippen molar-refractivity contribution in [2.24, 2.45) is 0 Å². The third-order valence-corrected chi connectivity index (χ3v) is 1.80. The van der Waals surface area contributed by atoms with Gasteiger partial charge in [-0.1, -0.05) is 0 Å². The number of nitrogens with zero attached hydrogens (tertiary/aromatic N) is 4. The van der Waals surface area contributed by atoms with Gasteiger partial charge >= 0.3 is 5.97 Å². The van der Waals surface area contributed by atoms with Crippen molar-refractivity contribution in [2.45, 2.75) is 6.92 Å². The van der Waals surface area contributed by atoms with Crippen molar-refractivity contribution >= 4 is 17.6 Å². The Morgan fingerprint density at radius 1 is 1.67 bits per heavy atom. The predicted octanol–water partition coefficient (Wildman–Crippen LogP) is -0.117. The standard InChI is InChI=1S/C8H9N5O2/c1-2-15-7(14)5-3-13-8(10-4-11-13)12-6(5)9/h3-4H,2H2,1H3,(H2,9,10,11,12). The number of hydrogen-bond donors (Lipinski definition) is 1. The number of anilines is 1. The molecule has 0 aromatic carbocycles. The summed E-state index contributed by atoms with van der Waals surface area (Å²) in [6.07, 6.45) is 2.78. The van der Waals surface area contributed by atoms with Crippen molar-refractivity contribution in [1.82, 2.24) is 19.6 Å². The fraction of sp³-hybridized carbons (Fsp3) is 0.250. The minimum absolute atomic E-state index is 0.0916. The number of rotatable bonds is 2. The fourth-order valence-corrected chi connectivity index (χ4v) is 1.14. The van der Waals surface area contributed by atoms with E-state index in [2.05, 4.69) is 15.1 Å². The zero-order valence-electron chi connectivity index (χ0n) is 8.04. The van der Waals surface area contributed by atoms with Gasteiger partial charge in [-0.3, -0.25) is 0 Å². The normalized spacial score (nSPS) is 10.5. The van der Waals surface area contributed by atoms with Gasteiger partial charge in [0.15, 0.2) is 0 Å². The molecule has 0 saturated heterocycles. The Morgan fingerprint density at radius 3 is 3.20 bits per heavy atom. The first-order valence-electron chi connectivity index (χ1n) is 4.35. The van der Waals surface area contributed by atoms with Gasteiger partial charge in [0.2, 0.25) is 0 Å². The van der Waals surface area contributed by atoms with Gasteiger partial charge in [-0.15, -0.1) is 0 Å². The highest BCUT2D eigenvalue weighted by atomic mass is 16.5. The molecule has 0 aliphatic heterocycles. The first-order valence-corrected chi connectivity index (χ1v) is 4.35. The molecule has 0 spiro atoms. The van der Waals surface area contributed by atoms with Gasteiger partial charge in [-0.2, -0.15) is 15.1 Å². The Bertz CT molecular complexity index is 507. The van der Waals surface area contributed by atoms with Gasteiger partial charge in [-0.25, -0.2) is 9.31 Å². The monoisotopic (exact) mass is 207 g/mol. The van der Waals surface area contributed by atoms with E-state index in [4.69, 9.17) is 10.5 Å². The van der Waals surface area contributed by atoms with Crippen LogP contribution >= 0.6 is 0 Å². The number of carbonyl (C=O) groups excluding carboxylic acids is 1. The Kier molecular flexibility index (Phi) is 2.20. The molecule has 0 aliphatic carbocycles. The first kappa shape index (κ1) is 9.38. The van der Waals surface area contributed by atoms with Gasteiger partial charge in [0, 0.05) is 0 Å². The number of nitrogens with two attached hydrogens (primary N) is 1. The van der Waals surface area contributed by atoms with Crippen LogP contribution in [0, 0.1) is 0 Å². The zero-order chi connectivity index (χ0) is 10.8. The lowest BCUT2D eigenvalue weighted by Crippen LogP contribution is -2.11. The number of aromatic nitrogens is 4. The van der Waals surface area contributed by atoms with Gasteiger partial charge in [0.25, 0.3) is 5.78 Å². The molecule has 0 fully saturated rings. The molecule has 2 heterocycles. The lowest BCUT2D eigenvalue weighted by atomic mass is 10.3. The lowest BCUT2D eigenvalue weighted by molar-refractivity contribution is 0.0526. The average Bonchev–Trinajstić information content (AvgIpc) is 2.63. The Balaban J connectivity index is 2.50. The van der Waals surface area contributed by atoms with Crippen molar-refractivity contribution < 1.29 is 9.53 Å². The van der Waals surface area contributed by atoms with E-state index in [1.165, 1.54) is 17.0 Å². The van der Waals surface area contributed by atoms with Crippen molar-refractivity contribution in [3.05, 3.63) is 18.1 Å². The van der Waals surface area contributed by atoms with Crippen molar-refractivity contribution in [3.8, 4) is 0 Å². The molecule has 2 rings (SSSR count). The summed E-state index contributed by atoms with van der Waals surface area (Å²) >= 11 is 0. The maximum atomic E-state index is 11.4. The van der Waals surface area contributed by atoms with Crippen LogP contribution in [0.5, 0.6) is 0 Å².